The van der Waals surface area contributed by atoms with Crippen LogP contribution in [-0.2, 0) is 0 Å². The number of nitrogens with zero attached hydrogens (tertiary/aromatic N) is 2. The predicted molar refractivity (Wildman–Crippen MR) is 48.1 cm³/mol. The van der Waals surface area contributed by atoms with Crippen molar-refractivity contribution in [3.05, 3.63) is 29.0 Å². The van der Waals surface area contributed by atoms with Crippen molar-refractivity contribution < 1.29 is 0 Å². The molecule has 0 aromatic carbocycles. The van der Waals surface area contributed by atoms with Crippen molar-refractivity contribution in [2.75, 3.05) is 6.54 Å². The van der Waals surface area contributed by atoms with Gasteiger partial charge in [0, 0.05) is 17.6 Å². The molecule has 0 fully saturated rings. The molecule has 0 bridgehead atoms. The molecule has 0 spiro atoms. The fourth-order valence-electron chi connectivity index (χ4n) is 1.52. The molecule has 0 saturated carbocycles. The van der Waals surface area contributed by atoms with Crippen LogP contribution in [0.15, 0.2) is 23.5 Å². The lowest BCUT2D eigenvalue weighted by molar-refractivity contribution is 0.830. The van der Waals surface area contributed by atoms with Gasteiger partial charge >= 0.3 is 0 Å². The third kappa shape index (κ3) is 1.04. The first-order valence-corrected chi connectivity index (χ1v) is 4.26. The van der Waals surface area contributed by atoms with Gasteiger partial charge in [-0.05, 0) is 17.6 Å². The van der Waals surface area contributed by atoms with Crippen molar-refractivity contribution >= 4 is 5.57 Å². The van der Waals surface area contributed by atoms with Gasteiger partial charge in [0.1, 0.15) is 0 Å². The summed E-state index contributed by atoms with van der Waals surface area (Å²) in [7, 11) is 0. The van der Waals surface area contributed by atoms with Gasteiger partial charge in [-0.15, -0.1) is 0 Å². The highest BCUT2D eigenvalue weighted by Gasteiger charge is 2.08. The molecule has 62 valence electrons. The summed E-state index contributed by atoms with van der Waals surface area (Å²) in [5.74, 6) is 0.583. The van der Waals surface area contributed by atoms with Gasteiger partial charge in [-0.1, -0.05) is 13.8 Å². The molecular weight excluding hydrogens is 148 g/mol. The molecule has 1 aliphatic rings. The molecule has 2 heterocycles. The van der Waals surface area contributed by atoms with Crippen molar-refractivity contribution in [2.45, 2.75) is 13.8 Å². The summed E-state index contributed by atoms with van der Waals surface area (Å²) >= 11 is 0. The zero-order chi connectivity index (χ0) is 8.55. The average molecular weight is 160 g/mol. The normalized spacial score (nSPS) is 14.8. The van der Waals surface area contributed by atoms with Gasteiger partial charge in [0.15, 0.2) is 0 Å². The van der Waals surface area contributed by atoms with Crippen molar-refractivity contribution in [1.29, 1.82) is 0 Å². The summed E-state index contributed by atoms with van der Waals surface area (Å²) in [6.07, 6.45) is 3.72. The van der Waals surface area contributed by atoms with Crippen LogP contribution in [-0.4, -0.2) is 11.5 Å². The van der Waals surface area contributed by atoms with Crippen LogP contribution < -0.4 is 10.6 Å². The van der Waals surface area contributed by atoms with Crippen LogP contribution in [0, 0.1) is 5.92 Å². The van der Waals surface area contributed by atoms with Crippen molar-refractivity contribution in [3.8, 4) is 0 Å². The van der Waals surface area contributed by atoms with Crippen LogP contribution >= 0.6 is 0 Å². The minimum absolute atomic E-state index is 0.583. The van der Waals surface area contributed by atoms with E-state index in [9.17, 15) is 0 Å². The Morgan fingerprint density at radius 3 is 3.00 bits per heavy atom. The van der Waals surface area contributed by atoms with Crippen LogP contribution in [0.25, 0.3) is 5.57 Å². The average Bonchev–Trinajstić information content (AvgIpc) is 2.47. The summed E-state index contributed by atoms with van der Waals surface area (Å²) in [5, 5.41) is 2.35. The molecule has 0 amide bonds. The smallest absolute Gasteiger partial charge is 0.0681 e. The van der Waals surface area contributed by atoms with E-state index >= 15 is 0 Å². The molecule has 2 rings (SSSR count). The highest BCUT2D eigenvalue weighted by atomic mass is 14.8. The Kier molecular flexibility index (Phi) is 1.68. The number of fused-ring (bicyclic) bond motifs is 1. The summed E-state index contributed by atoms with van der Waals surface area (Å²) in [5.41, 5.74) is 1.41. The lowest BCUT2D eigenvalue weighted by atomic mass is 10.0. The maximum Gasteiger partial charge on any atom is 0.0681 e. The lowest BCUT2D eigenvalue weighted by Gasteiger charge is -2.03. The molecule has 0 atom stereocenters. The van der Waals surface area contributed by atoms with Crippen LogP contribution in [0.4, 0.5) is 0 Å². The van der Waals surface area contributed by atoms with E-state index in [1.807, 2.05) is 12.3 Å². The first-order chi connectivity index (χ1) is 5.79. The summed E-state index contributed by atoms with van der Waals surface area (Å²) in [6.45, 7) is 5.26. The zero-order valence-corrected chi connectivity index (χ0v) is 7.41. The van der Waals surface area contributed by atoms with Gasteiger partial charge in [0.25, 0.3) is 0 Å². The summed E-state index contributed by atoms with van der Waals surface area (Å²) in [6, 6.07) is 1.98. The molecule has 0 N–H and O–H groups in total. The predicted octanol–water partition coefficient (Wildman–Crippen LogP) is 0.521. The highest BCUT2D eigenvalue weighted by Crippen LogP contribution is 2.09. The Morgan fingerprint density at radius 2 is 2.25 bits per heavy atom. The van der Waals surface area contributed by atoms with Gasteiger partial charge < -0.3 is 0 Å². The van der Waals surface area contributed by atoms with Gasteiger partial charge in [-0.3, -0.25) is 9.98 Å². The molecule has 0 aliphatic carbocycles. The number of hydrogen-bond donors (Lipinski definition) is 0. The van der Waals surface area contributed by atoms with Gasteiger partial charge in [0.05, 0.1) is 11.9 Å². The van der Waals surface area contributed by atoms with Crippen LogP contribution in [0.5, 0.6) is 0 Å². The Bertz CT molecular complexity index is 404. The first kappa shape index (κ1) is 7.47. The first-order valence-electron chi connectivity index (χ1n) is 4.26. The van der Waals surface area contributed by atoms with Crippen LogP contribution in [0.1, 0.15) is 13.8 Å². The van der Waals surface area contributed by atoms with Crippen molar-refractivity contribution in [1.82, 2.24) is 4.98 Å². The number of pyridine rings is 1. The SMILES string of the molecule is CC(C)C1=c2cnccc2=NC1. The van der Waals surface area contributed by atoms with E-state index in [-0.39, 0.29) is 0 Å². The maximum absolute atomic E-state index is 4.42. The fraction of sp³-hybridized carbons (Fsp3) is 0.400. The quantitative estimate of drug-likeness (QED) is 0.588. The van der Waals surface area contributed by atoms with E-state index in [0.717, 1.165) is 11.9 Å². The topological polar surface area (TPSA) is 25.2 Å². The van der Waals surface area contributed by atoms with Crippen LogP contribution in [0.3, 0.4) is 0 Å². The van der Waals surface area contributed by atoms with E-state index in [1.54, 1.807) is 6.20 Å². The Morgan fingerprint density at radius 1 is 1.42 bits per heavy atom. The fourth-order valence-corrected chi connectivity index (χ4v) is 1.52. The second-order valence-electron chi connectivity index (χ2n) is 3.39. The molecule has 2 heteroatoms. The van der Waals surface area contributed by atoms with Crippen LogP contribution in [0.2, 0.25) is 0 Å². The van der Waals surface area contributed by atoms with E-state index in [2.05, 4.69) is 23.8 Å². The minimum Gasteiger partial charge on any atom is -0.280 e. The second kappa shape index (κ2) is 2.70. The Labute approximate surface area is 71.7 Å². The summed E-state index contributed by atoms with van der Waals surface area (Å²) < 4.78 is 0. The van der Waals surface area contributed by atoms with E-state index < -0.39 is 0 Å². The summed E-state index contributed by atoms with van der Waals surface area (Å²) in [4.78, 5) is 8.53. The molecule has 1 aliphatic heterocycles. The van der Waals surface area contributed by atoms with Crippen molar-refractivity contribution in [2.24, 2.45) is 10.9 Å². The molecule has 12 heavy (non-hydrogen) atoms. The Balaban J connectivity index is 2.74. The maximum atomic E-state index is 4.42. The standard InChI is InChI=1S/C10H12N2/c1-7(2)8-6-12-10-3-4-11-5-9(8)10/h3-5,7H,6H2,1-2H3. The lowest BCUT2D eigenvalue weighted by Crippen LogP contribution is -2.24. The van der Waals surface area contributed by atoms with E-state index in [4.69, 9.17) is 0 Å². The monoisotopic (exact) mass is 160 g/mol. The molecule has 0 radical (unpaired) electrons. The molecule has 0 unspecified atom stereocenters. The molecule has 0 saturated heterocycles. The molecule has 1 aromatic heterocycles. The second-order valence-corrected chi connectivity index (χ2v) is 3.39. The number of hydrogen-bond acceptors (Lipinski definition) is 2. The van der Waals surface area contributed by atoms with Gasteiger partial charge in [-0.25, -0.2) is 0 Å². The van der Waals surface area contributed by atoms with E-state index in [0.29, 0.717) is 5.92 Å². The number of rotatable bonds is 1. The highest BCUT2D eigenvalue weighted by molar-refractivity contribution is 5.50. The minimum atomic E-state index is 0.583. The molecule has 1 aromatic rings. The largest absolute Gasteiger partial charge is 0.280 e. The molecular formula is C10H12N2. The Hall–Kier alpha value is -1.18. The molecule has 2 nitrogen and oxygen atoms in total. The third-order valence-electron chi connectivity index (χ3n) is 2.26. The third-order valence-corrected chi connectivity index (χ3v) is 2.26. The van der Waals surface area contributed by atoms with Crippen molar-refractivity contribution in [3.63, 3.8) is 0 Å². The van der Waals surface area contributed by atoms with Gasteiger partial charge in [0.2, 0.25) is 0 Å². The van der Waals surface area contributed by atoms with E-state index in [1.165, 1.54) is 10.8 Å². The zero-order valence-electron chi connectivity index (χ0n) is 7.41. The number of aromatic nitrogens is 1. The van der Waals surface area contributed by atoms with Gasteiger partial charge in [-0.2, -0.15) is 0 Å².